The maximum Gasteiger partial charge on any atom is 0.333 e. The van der Waals surface area contributed by atoms with Gasteiger partial charge in [-0.3, -0.25) is 4.79 Å². The van der Waals surface area contributed by atoms with Crippen LogP contribution in [0.25, 0.3) is 0 Å². The predicted molar refractivity (Wildman–Crippen MR) is 70.3 cm³/mol. The van der Waals surface area contributed by atoms with Crippen molar-refractivity contribution < 1.29 is 24.5 Å². The van der Waals surface area contributed by atoms with Gasteiger partial charge in [0.15, 0.2) is 6.10 Å². The van der Waals surface area contributed by atoms with Crippen LogP contribution in [0.3, 0.4) is 0 Å². The fraction of sp³-hybridized carbons (Fsp3) is 0.455. The molecule has 0 amide bonds. The van der Waals surface area contributed by atoms with Crippen molar-refractivity contribution in [2.45, 2.75) is 18.3 Å². The highest BCUT2D eigenvalue weighted by molar-refractivity contribution is 7.98. The van der Waals surface area contributed by atoms with E-state index in [2.05, 4.69) is 0 Å². The maximum absolute atomic E-state index is 10.7. The number of methoxy groups -OCH3 is 1. The molecule has 0 spiro atoms. The molecule has 0 unspecified atom stereocenters. The van der Waals surface area contributed by atoms with Crippen LogP contribution < -0.4 is 0 Å². The summed E-state index contributed by atoms with van der Waals surface area (Å²) in [5.41, 5.74) is 0. The van der Waals surface area contributed by atoms with Gasteiger partial charge < -0.3 is 14.9 Å². The van der Waals surface area contributed by atoms with E-state index in [9.17, 15) is 9.59 Å². The summed E-state index contributed by atoms with van der Waals surface area (Å²) in [6.07, 6.45) is -0.765. The lowest BCUT2D eigenvalue weighted by molar-refractivity contribution is -0.147. The van der Waals surface area contributed by atoms with Gasteiger partial charge in [-0.15, -0.1) is 11.3 Å². The van der Waals surface area contributed by atoms with Gasteiger partial charge in [0.05, 0.1) is 6.42 Å². The first-order valence-electron chi connectivity index (χ1n) is 5.15. The summed E-state index contributed by atoms with van der Waals surface area (Å²) in [6.45, 7) is 0. The normalized spacial score (nSPS) is 12.3. The quantitative estimate of drug-likeness (QED) is 0.758. The molecule has 0 aromatic carbocycles. The lowest BCUT2D eigenvalue weighted by Gasteiger charge is -2.08. The topological polar surface area (TPSA) is 83.8 Å². The van der Waals surface area contributed by atoms with Crippen molar-refractivity contribution in [2.75, 3.05) is 12.9 Å². The van der Waals surface area contributed by atoms with Crippen LogP contribution >= 0.6 is 23.1 Å². The number of thiophene rings is 1. The highest BCUT2D eigenvalue weighted by Gasteiger charge is 2.16. The predicted octanol–water partition coefficient (Wildman–Crippen LogP) is 1.71. The van der Waals surface area contributed by atoms with Crippen LogP contribution in [0.2, 0.25) is 0 Å². The SMILES string of the molecule is CO[C@@H](CSCc1ccc(CC(=O)O)s1)C(=O)O. The minimum absolute atomic E-state index is 0.0329. The second kappa shape index (κ2) is 7.40. The zero-order chi connectivity index (χ0) is 13.5. The van der Waals surface area contributed by atoms with E-state index >= 15 is 0 Å². The average Bonchev–Trinajstić information content (AvgIpc) is 2.70. The number of ether oxygens (including phenoxy) is 1. The Morgan fingerprint density at radius 3 is 2.61 bits per heavy atom. The summed E-state index contributed by atoms with van der Waals surface area (Å²) in [7, 11) is 1.37. The second-order valence-corrected chi connectivity index (χ2v) is 5.80. The summed E-state index contributed by atoms with van der Waals surface area (Å²) in [6, 6.07) is 3.66. The van der Waals surface area contributed by atoms with E-state index in [0.717, 1.165) is 9.75 Å². The highest BCUT2D eigenvalue weighted by Crippen LogP contribution is 2.22. The molecule has 0 fully saturated rings. The molecule has 2 N–H and O–H groups in total. The van der Waals surface area contributed by atoms with Crippen molar-refractivity contribution in [3.05, 3.63) is 21.9 Å². The van der Waals surface area contributed by atoms with Gasteiger partial charge in [0, 0.05) is 28.4 Å². The van der Waals surface area contributed by atoms with E-state index < -0.39 is 18.0 Å². The van der Waals surface area contributed by atoms with Crippen molar-refractivity contribution in [3.8, 4) is 0 Å². The van der Waals surface area contributed by atoms with E-state index in [1.165, 1.54) is 30.2 Å². The lowest BCUT2D eigenvalue weighted by Crippen LogP contribution is -2.24. The average molecular weight is 290 g/mol. The minimum Gasteiger partial charge on any atom is -0.481 e. The lowest BCUT2D eigenvalue weighted by atomic mass is 10.3. The van der Waals surface area contributed by atoms with E-state index in [1.807, 2.05) is 6.07 Å². The molecule has 1 rings (SSSR count). The van der Waals surface area contributed by atoms with Gasteiger partial charge in [0.25, 0.3) is 0 Å². The first-order chi connectivity index (χ1) is 8.52. The molecule has 18 heavy (non-hydrogen) atoms. The van der Waals surface area contributed by atoms with Crippen LogP contribution in [0, 0.1) is 0 Å². The number of aliphatic carboxylic acids is 2. The van der Waals surface area contributed by atoms with Crippen molar-refractivity contribution in [3.63, 3.8) is 0 Å². The summed E-state index contributed by atoms with van der Waals surface area (Å²) < 4.78 is 4.81. The Morgan fingerprint density at radius 2 is 2.06 bits per heavy atom. The third kappa shape index (κ3) is 5.07. The van der Waals surface area contributed by atoms with E-state index in [-0.39, 0.29) is 6.42 Å². The molecule has 1 atom stereocenters. The molecule has 0 saturated heterocycles. The third-order valence-electron chi connectivity index (χ3n) is 2.12. The van der Waals surface area contributed by atoms with E-state index in [4.69, 9.17) is 14.9 Å². The zero-order valence-electron chi connectivity index (χ0n) is 9.79. The molecule has 1 aromatic rings. The Labute approximate surface area is 113 Å². The largest absolute Gasteiger partial charge is 0.481 e. The van der Waals surface area contributed by atoms with Crippen LogP contribution in [0.15, 0.2) is 12.1 Å². The Bertz CT molecular complexity index is 415. The van der Waals surface area contributed by atoms with E-state index in [0.29, 0.717) is 11.5 Å². The number of rotatable bonds is 8. The molecular weight excluding hydrogens is 276 g/mol. The molecule has 0 aliphatic carbocycles. The van der Waals surface area contributed by atoms with Gasteiger partial charge in [-0.1, -0.05) is 0 Å². The van der Waals surface area contributed by atoms with Crippen LogP contribution in [-0.2, 0) is 26.5 Å². The van der Waals surface area contributed by atoms with Gasteiger partial charge in [-0.2, -0.15) is 11.8 Å². The Kier molecular flexibility index (Phi) is 6.17. The molecule has 1 heterocycles. The van der Waals surface area contributed by atoms with Crippen LogP contribution in [0.4, 0.5) is 0 Å². The molecule has 0 saturated carbocycles. The monoisotopic (exact) mass is 290 g/mol. The molecule has 0 aliphatic rings. The van der Waals surface area contributed by atoms with Crippen molar-refractivity contribution in [2.24, 2.45) is 0 Å². The number of carbonyl (C=O) groups is 2. The number of hydrogen-bond donors (Lipinski definition) is 2. The molecule has 7 heteroatoms. The molecule has 0 bridgehead atoms. The molecule has 5 nitrogen and oxygen atoms in total. The van der Waals surface area contributed by atoms with Gasteiger partial charge in [0.2, 0.25) is 0 Å². The van der Waals surface area contributed by atoms with Gasteiger partial charge in [-0.05, 0) is 12.1 Å². The van der Waals surface area contributed by atoms with Crippen molar-refractivity contribution >= 4 is 35.0 Å². The third-order valence-corrected chi connectivity index (χ3v) is 4.44. The van der Waals surface area contributed by atoms with E-state index in [1.54, 1.807) is 6.07 Å². The standard InChI is InChI=1S/C11H14O5S2/c1-16-9(11(14)15)6-17-5-8-3-2-7(18-8)4-10(12)13/h2-3,9H,4-6H2,1H3,(H,12,13)(H,14,15)/t9-/m0/s1. The molecule has 0 aliphatic heterocycles. The van der Waals surface area contributed by atoms with Crippen molar-refractivity contribution in [1.82, 2.24) is 0 Å². The Morgan fingerprint density at radius 1 is 1.39 bits per heavy atom. The van der Waals surface area contributed by atoms with Crippen LogP contribution in [-0.4, -0.2) is 41.1 Å². The summed E-state index contributed by atoms with van der Waals surface area (Å²) in [5.74, 6) is -0.779. The molecule has 100 valence electrons. The minimum atomic E-state index is -0.970. The first-order valence-corrected chi connectivity index (χ1v) is 7.12. The number of carboxylic acid groups (broad SMARTS) is 2. The second-order valence-electron chi connectivity index (χ2n) is 3.52. The summed E-state index contributed by atoms with van der Waals surface area (Å²) >= 11 is 2.90. The number of thioether (sulfide) groups is 1. The first kappa shape index (κ1) is 15.0. The fourth-order valence-corrected chi connectivity index (χ4v) is 3.45. The Hall–Kier alpha value is -1.05. The molecule has 1 aromatic heterocycles. The van der Waals surface area contributed by atoms with Crippen molar-refractivity contribution in [1.29, 1.82) is 0 Å². The van der Waals surface area contributed by atoms with Gasteiger partial charge >= 0.3 is 11.9 Å². The van der Waals surface area contributed by atoms with Gasteiger partial charge in [0.1, 0.15) is 0 Å². The zero-order valence-corrected chi connectivity index (χ0v) is 11.4. The number of carboxylic acids is 2. The van der Waals surface area contributed by atoms with Gasteiger partial charge in [-0.25, -0.2) is 4.79 Å². The molecule has 0 radical (unpaired) electrons. The fourth-order valence-electron chi connectivity index (χ4n) is 1.25. The Balaban J connectivity index is 2.37. The smallest absolute Gasteiger partial charge is 0.333 e. The summed E-state index contributed by atoms with van der Waals surface area (Å²) in [4.78, 5) is 23.1. The maximum atomic E-state index is 10.7. The van der Waals surface area contributed by atoms with Crippen LogP contribution in [0.1, 0.15) is 9.75 Å². The molecular formula is C11H14O5S2. The highest BCUT2D eigenvalue weighted by atomic mass is 32.2. The van der Waals surface area contributed by atoms with Crippen LogP contribution in [0.5, 0.6) is 0 Å². The number of hydrogen-bond acceptors (Lipinski definition) is 5. The summed E-state index contributed by atoms with van der Waals surface area (Å²) in [5, 5.41) is 17.4.